The molecule has 0 heterocycles. The molecule has 1 rings (SSSR count). The largest absolute Gasteiger partial charge is 0.490 e. The van der Waals surface area contributed by atoms with Gasteiger partial charge in [-0.1, -0.05) is 12.1 Å². The Bertz CT molecular complexity index is 436. The first-order chi connectivity index (χ1) is 8.50. The van der Waals surface area contributed by atoms with Crippen LogP contribution in [-0.4, -0.2) is 29.6 Å². The van der Waals surface area contributed by atoms with Crippen molar-refractivity contribution in [2.75, 3.05) is 6.61 Å². The predicted molar refractivity (Wildman–Crippen MR) is 61.8 cm³/mol. The first-order valence-corrected chi connectivity index (χ1v) is 5.40. The molecule has 0 bridgehead atoms. The van der Waals surface area contributed by atoms with Gasteiger partial charge in [-0.05, 0) is 19.1 Å². The smallest absolute Gasteiger partial charge is 0.325 e. The first-order valence-electron chi connectivity index (χ1n) is 5.40. The van der Waals surface area contributed by atoms with Crippen LogP contribution in [0.5, 0.6) is 5.75 Å². The van der Waals surface area contributed by atoms with Crippen LogP contribution in [0, 0.1) is 5.82 Å². The van der Waals surface area contributed by atoms with E-state index in [9.17, 15) is 14.0 Å². The Morgan fingerprint density at radius 3 is 2.72 bits per heavy atom. The van der Waals surface area contributed by atoms with Gasteiger partial charge < -0.3 is 15.2 Å². The first kappa shape index (κ1) is 14.0. The molecule has 0 saturated heterocycles. The van der Waals surface area contributed by atoms with E-state index in [0.29, 0.717) is 0 Å². The van der Waals surface area contributed by atoms with E-state index >= 15 is 0 Å². The summed E-state index contributed by atoms with van der Waals surface area (Å²) < 4.78 is 18.2. The number of carboxylic acids is 1. The number of amides is 1. The van der Waals surface area contributed by atoms with Gasteiger partial charge in [0.2, 0.25) is 5.91 Å². The summed E-state index contributed by atoms with van der Waals surface area (Å²) in [5.74, 6) is -2.01. The fraction of sp³-hybridized carbons (Fsp3) is 0.333. The van der Waals surface area contributed by atoms with Crippen molar-refractivity contribution in [1.82, 2.24) is 5.32 Å². The normalized spacial score (nSPS) is 11.7. The Kier molecular flexibility index (Phi) is 5.10. The third-order valence-electron chi connectivity index (χ3n) is 2.17. The summed E-state index contributed by atoms with van der Waals surface area (Å²) >= 11 is 0. The lowest BCUT2D eigenvalue weighted by atomic mass is 10.3. The van der Waals surface area contributed by atoms with E-state index in [-0.39, 0.29) is 18.8 Å². The highest BCUT2D eigenvalue weighted by molar-refractivity contribution is 5.83. The zero-order valence-corrected chi connectivity index (χ0v) is 9.85. The van der Waals surface area contributed by atoms with Gasteiger partial charge in [-0.25, -0.2) is 4.39 Å². The van der Waals surface area contributed by atoms with E-state index in [4.69, 9.17) is 9.84 Å². The van der Waals surface area contributed by atoms with E-state index < -0.39 is 23.7 Å². The molecule has 0 aliphatic rings. The molecule has 0 unspecified atom stereocenters. The van der Waals surface area contributed by atoms with Crippen molar-refractivity contribution < 1.29 is 23.8 Å². The van der Waals surface area contributed by atoms with Gasteiger partial charge >= 0.3 is 5.97 Å². The number of ether oxygens (including phenoxy) is 1. The van der Waals surface area contributed by atoms with Crippen molar-refractivity contribution in [2.45, 2.75) is 19.4 Å². The molecule has 98 valence electrons. The topological polar surface area (TPSA) is 75.6 Å². The second kappa shape index (κ2) is 6.58. The summed E-state index contributed by atoms with van der Waals surface area (Å²) in [5.41, 5.74) is 0. The summed E-state index contributed by atoms with van der Waals surface area (Å²) in [5, 5.41) is 10.8. The van der Waals surface area contributed by atoms with Crippen molar-refractivity contribution >= 4 is 11.9 Å². The number of para-hydroxylation sites is 1. The third-order valence-corrected chi connectivity index (χ3v) is 2.17. The number of hydrogen-bond acceptors (Lipinski definition) is 3. The van der Waals surface area contributed by atoms with Gasteiger partial charge in [-0.3, -0.25) is 9.59 Å². The summed E-state index contributed by atoms with van der Waals surface area (Å²) in [6, 6.07) is 4.90. The third kappa shape index (κ3) is 4.40. The fourth-order valence-corrected chi connectivity index (χ4v) is 1.19. The zero-order chi connectivity index (χ0) is 13.5. The second-order valence-electron chi connectivity index (χ2n) is 3.66. The molecule has 0 aliphatic heterocycles. The van der Waals surface area contributed by atoms with E-state index in [0.717, 1.165) is 0 Å². The molecular weight excluding hydrogens is 241 g/mol. The molecule has 1 aromatic carbocycles. The van der Waals surface area contributed by atoms with Crippen molar-refractivity contribution in [3.8, 4) is 5.75 Å². The van der Waals surface area contributed by atoms with Crippen LogP contribution in [0.15, 0.2) is 24.3 Å². The highest BCUT2D eigenvalue weighted by Gasteiger charge is 2.13. The Morgan fingerprint density at radius 2 is 2.11 bits per heavy atom. The molecule has 0 aliphatic carbocycles. The minimum absolute atomic E-state index is 0.0148. The molecular formula is C12H14FNO4. The van der Waals surface area contributed by atoms with E-state index in [1.807, 2.05) is 0 Å². The van der Waals surface area contributed by atoms with E-state index in [1.54, 1.807) is 6.07 Å². The average molecular weight is 255 g/mol. The summed E-state index contributed by atoms with van der Waals surface area (Å²) in [7, 11) is 0. The fourth-order valence-electron chi connectivity index (χ4n) is 1.19. The standard InChI is InChI=1S/C12H14FNO4/c1-8(12(16)17)14-11(15)6-7-18-10-5-3-2-4-9(10)13/h2-5,8H,6-7H2,1H3,(H,14,15)(H,16,17)/t8-/m0/s1. The number of rotatable bonds is 6. The number of hydrogen-bond donors (Lipinski definition) is 2. The molecule has 0 radical (unpaired) electrons. The second-order valence-corrected chi connectivity index (χ2v) is 3.66. The molecule has 0 saturated carbocycles. The summed E-state index contributed by atoms with van der Waals surface area (Å²) in [6.07, 6.45) is -0.0358. The van der Waals surface area contributed by atoms with Crippen molar-refractivity contribution in [2.24, 2.45) is 0 Å². The monoisotopic (exact) mass is 255 g/mol. The Balaban J connectivity index is 2.32. The molecule has 18 heavy (non-hydrogen) atoms. The Labute approximate surface area is 104 Å². The molecule has 0 spiro atoms. The minimum Gasteiger partial charge on any atom is -0.490 e. The minimum atomic E-state index is -1.11. The van der Waals surface area contributed by atoms with Gasteiger partial charge in [-0.2, -0.15) is 0 Å². The number of halogens is 1. The predicted octanol–water partition coefficient (Wildman–Crippen LogP) is 1.18. The van der Waals surface area contributed by atoms with Gasteiger partial charge in [0.25, 0.3) is 0 Å². The van der Waals surface area contributed by atoms with Gasteiger partial charge in [0.15, 0.2) is 11.6 Å². The maximum Gasteiger partial charge on any atom is 0.325 e. The van der Waals surface area contributed by atoms with Crippen LogP contribution in [0.4, 0.5) is 4.39 Å². The Morgan fingerprint density at radius 1 is 1.44 bits per heavy atom. The lowest BCUT2D eigenvalue weighted by Crippen LogP contribution is -2.38. The van der Waals surface area contributed by atoms with Crippen molar-refractivity contribution in [1.29, 1.82) is 0 Å². The van der Waals surface area contributed by atoms with Gasteiger partial charge in [-0.15, -0.1) is 0 Å². The van der Waals surface area contributed by atoms with Crippen LogP contribution >= 0.6 is 0 Å². The molecule has 5 nitrogen and oxygen atoms in total. The van der Waals surface area contributed by atoms with Crippen LogP contribution < -0.4 is 10.1 Å². The Hall–Kier alpha value is -2.11. The van der Waals surface area contributed by atoms with Gasteiger partial charge in [0.05, 0.1) is 13.0 Å². The molecule has 0 fully saturated rings. The zero-order valence-electron chi connectivity index (χ0n) is 9.85. The summed E-state index contributed by atoms with van der Waals surface area (Å²) in [4.78, 5) is 21.8. The summed E-state index contributed by atoms with van der Waals surface area (Å²) in [6.45, 7) is 1.34. The molecule has 6 heteroatoms. The van der Waals surface area contributed by atoms with Crippen LogP contribution in [0.3, 0.4) is 0 Å². The van der Waals surface area contributed by atoms with Crippen LogP contribution in [0.25, 0.3) is 0 Å². The molecule has 1 aromatic rings. The molecule has 2 N–H and O–H groups in total. The molecule has 1 atom stereocenters. The number of aliphatic carboxylic acids is 1. The SMILES string of the molecule is C[C@H](NC(=O)CCOc1ccccc1F)C(=O)O. The number of carboxylic acid groups (broad SMARTS) is 1. The maximum atomic E-state index is 13.1. The van der Waals surface area contributed by atoms with Crippen LogP contribution in [-0.2, 0) is 9.59 Å². The molecule has 1 amide bonds. The molecule has 0 aromatic heterocycles. The number of benzene rings is 1. The highest BCUT2D eigenvalue weighted by atomic mass is 19.1. The van der Waals surface area contributed by atoms with Crippen LogP contribution in [0.2, 0.25) is 0 Å². The lowest BCUT2D eigenvalue weighted by Gasteiger charge is -2.10. The van der Waals surface area contributed by atoms with E-state index in [2.05, 4.69) is 5.32 Å². The number of carbonyl (C=O) groups is 2. The lowest BCUT2D eigenvalue weighted by molar-refractivity contribution is -0.141. The average Bonchev–Trinajstić information content (AvgIpc) is 2.31. The highest BCUT2D eigenvalue weighted by Crippen LogP contribution is 2.15. The van der Waals surface area contributed by atoms with Crippen molar-refractivity contribution in [3.63, 3.8) is 0 Å². The van der Waals surface area contributed by atoms with Gasteiger partial charge in [0, 0.05) is 0 Å². The maximum absolute atomic E-state index is 13.1. The van der Waals surface area contributed by atoms with Crippen LogP contribution in [0.1, 0.15) is 13.3 Å². The van der Waals surface area contributed by atoms with Crippen molar-refractivity contribution in [3.05, 3.63) is 30.1 Å². The quantitative estimate of drug-likeness (QED) is 0.800. The van der Waals surface area contributed by atoms with E-state index in [1.165, 1.54) is 25.1 Å². The van der Waals surface area contributed by atoms with Gasteiger partial charge in [0.1, 0.15) is 6.04 Å². The number of nitrogens with one attached hydrogen (secondary N) is 1. The number of carbonyl (C=O) groups excluding carboxylic acids is 1.